The molecule has 3 rings (SSSR count). The third kappa shape index (κ3) is 2.18. The van der Waals surface area contributed by atoms with Gasteiger partial charge in [0, 0.05) is 18.1 Å². The number of benzene rings is 1. The number of imidazole rings is 1. The quantitative estimate of drug-likeness (QED) is 0.760. The molecule has 0 fully saturated rings. The maximum Gasteiger partial charge on any atom is 0.166 e. The van der Waals surface area contributed by atoms with Crippen LogP contribution < -0.4 is 11.1 Å². The molecule has 0 unspecified atom stereocenters. The molecule has 100 valence electrons. The fourth-order valence-electron chi connectivity index (χ4n) is 1.92. The highest BCUT2D eigenvalue weighted by atomic mass is 15.1. The van der Waals surface area contributed by atoms with Gasteiger partial charge in [0.05, 0.1) is 0 Å². The van der Waals surface area contributed by atoms with Gasteiger partial charge in [-0.3, -0.25) is 4.57 Å². The van der Waals surface area contributed by atoms with Crippen molar-refractivity contribution in [3.8, 4) is 5.82 Å². The van der Waals surface area contributed by atoms with E-state index < -0.39 is 0 Å². The van der Waals surface area contributed by atoms with Crippen LogP contribution in [-0.4, -0.2) is 19.5 Å². The summed E-state index contributed by atoms with van der Waals surface area (Å²) in [4.78, 5) is 12.4. The van der Waals surface area contributed by atoms with Crippen molar-refractivity contribution in [2.75, 3.05) is 11.1 Å². The highest BCUT2D eigenvalue weighted by Crippen LogP contribution is 2.26. The molecule has 6 heteroatoms. The van der Waals surface area contributed by atoms with Crippen LogP contribution in [0.4, 0.5) is 17.2 Å². The fourth-order valence-corrected chi connectivity index (χ4v) is 1.92. The minimum Gasteiger partial charge on any atom is -0.393 e. The van der Waals surface area contributed by atoms with Crippen molar-refractivity contribution in [3.05, 3.63) is 54.9 Å². The van der Waals surface area contributed by atoms with Gasteiger partial charge in [0.25, 0.3) is 0 Å². The Bertz CT molecular complexity index is 720. The van der Waals surface area contributed by atoms with Gasteiger partial charge in [-0.25, -0.2) is 15.0 Å². The van der Waals surface area contributed by atoms with Crippen LogP contribution in [0.3, 0.4) is 0 Å². The zero-order chi connectivity index (χ0) is 13.9. The summed E-state index contributed by atoms with van der Waals surface area (Å²) in [7, 11) is 0. The van der Waals surface area contributed by atoms with E-state index in [2.05, 4.69) is 20.3 Å². The van der Waals surface area contributed by atoms with Crippen molar-refractivity contribution >= 4 is 17.2 Å². The van der Waals surface area contributed by atoms with Crippen molar-refractivity contribution in [1.82, 2.24) is 19.5 Å². The summed E-state index contributed by atoms with van der Waals surface area (Å²) >= 11 is 0. The van der Waals surface area contributed by atoms with Crippen molar-refractivity contribution < 1.29 is 0 Å². The summed E-state index contributed by atoms with van der Waals surface area (Å²) in [5.41, 5.74) is 8.70. The summed E-state index contributed by atoms with van der Waals surface area (Å²) < 4.78 is 1.75. The molecule has 0 radical (unpaired) electrons. The van der Waals surface area contributed by atoms with E-state index in [4.69, 9.17) is 5.73 Å². The Kier molecular flexibility index (Phi) is 3.04. The summed E-state index contributed by atoms with van der Waals surface area (Å²) in [5.74, 6) is 1.19. The molecule has 3 N–H and O–H groups in total. The maximum atomic E-state index is 6.14. The monoisotopic (exact) mass is 266 g/mol. The first-order valence-corrected chi connectivity index (χ1v) is 6.17. The molecule has 0 amide bonds. The Labute approximate surface area is 116 Å². The molecular weight excluding hydrogens is 252 g/mol. The van der Waals surface area contributed by atoms with Crippen LogP contribution in [0.2, 0.25) is 0 Å². The summed E-state index contributed by atoms with van der Waals surface area (Å²) in [6, 6.07) is 7.95. The van der Waals surface area contributed by atoms with Crippen molar-refractivity contribution in [1.29, 1.82) is 0 Å². The van der Waals surface area contributed by atoms with Crippen LogP contribution in [0.1, 0.15) is 5.56 Å². The average Bonchev–Trinajstić information content (AvgIpc) is 2.97. The van der Waals surface area contributed by atoms with E-state index in [1.54, 1.807) is 23.3 Å². The highest BCUT2D eigenvalue weighted by Gasteiger charge is 2.10. The van der Waals surface area contributed by atoms with Crippen molar-refractivity contribution in [2.24, 2.45) is 0 Å². The smallest absolute Gasteiger partial charge is 0.166 e. The Morgan fingerprint density at radius 1 is 1.20 bits per heavy atom. The molecule has 3 aromatic rings. The molecule has 2 heterocycles. The standard InChI is InChI=1S/C14H14N6/c1-10-4-2-3-5-11(10)19-13-12(15)14(18-8-17-13)20-7-6-16-9-20/h2-9H,15H2,1H3,(H,17,18,19). The van der Waals surface area contributed by atoms with Gasteiger partial charge < -0.3 is 11.1 Å². The third-order valence-electron chi connectivity index (χ3n) is 3.01. The molecule has 0 bridgehead atoms. The first-order valence-electron chi connectivity index (χ1n) is 6.17. The molecule has 6 nitrogen and oxygen atoms in total. The predicted octanol–water partition coefficient (Wildman–Crippen LogP) is 2.30. The van der Waals surface area contributed by atoms with Crippen LogP contribution in [0.5, 0.6) is 0 Å². The number of nitrogens with zero attached hydrogens (tertiary/aromatic N) is 4. The van der Waals surface area contributed by atoms with E-state index in [9.17, 15) is 0 Å². The summed E-state index contributed by atoms with van der Waals surface area (Å²) in [6.45, 7) is 2.02. The van der Waals surface area contributed by atoms with Crippen LogP contribution >= 0.6 is 0 Å². The van der Waals surface area contributed by atoms with E-state index in [-0.39, 0.29) is 0 Å². The van der Waals surface area contributed by atoms with Crippen LogP contribution in [-0.2, 0) is 0 Å². The number of aromatic nitrogens is 4. The lowest BCUT2D eigenvalue weighted by atomic mass is 10.2. The van der Waals surface area contributed by atoms with Gasteiger partial charge in [-0.2, -0.15) is 0 Å². The first kappa shape index (κ1) is 12.2. The molecule has 2 aromatic heterocycles. The highest BCUT2D eigenvalue weighted by molar-refractivity contribution is 5.74. The van der Waals surface area contributed by atoms with Gasteiger partial charge in [0.2, 0.25) is 0 Å². The largest absolute Gasteiger partial charge is 0.393 e. The minimum atomic E-state index is 0.480. The molecule has 0 atom stereocenters. The van der Waals surface area contributed by atoms with Crippen LogP contribution in [0.15, 0.2) is 49.3 Å². The Balaban J connectivity index is 1.99. The second kappa shape index (κ2) is 5.00. The number of para-hydroxylation sites is 1. The topological polar surface area (TPSA) is 81.7 Å². The minimum absolute atomic E-state index is 0.480. The summed E-state index contributed by atoms with van der Waals surface area (Å²) in [5, 5.41) is 3.23. The number of hydrogen-bond acceptors (Lipinski definition) is 5. The average molecular weight is 266 g/mol. The van der Waals surface area contributed by atoms with E-state index >= 15 is 0 Å². The van der Waals surface area contributed by atoms with E-state index in [1.807, 2.05) is 31.2 Å². The Hall–Kier alpha value is -2.89. The summed E-state index contributed by atoms with van der Waals surface area (Å²) in [6.07, 6.45) is 6.59. The molecule has 1 aromatic carbocycles. The van der Waals surface area contributed by atoms with E-state index in [0.717, 1.165) is 11.3 Å². The Morgan fingerprint density at radius 2 is 2.05 bits per heavy atom. The Morgan fingerprint density at radius 3 is 2.80 bits per heavy atom. The van der Waals surface area contributed by atoms with Crippen LogP contribution in [0, 0.1) is 6.92 Å². The maximum absolute atomic E-state index is 6.14. The molecule has 0 aliphatic carbocycles. The van der Waals surface area contributed by atoms with Crippen molar-refractivity contribution in [2.45, 2.75) is 6.92 Å². The van der Waals surface area contributed by atoms with E-state index in [1.165, 1.54) is 6.33 Å². The lowest BCUT2D eigenvalue weighted by molar-refractivity contribution is 0.977. The number of nitrogens with two attached hydrogens (primary N) is 1. The third-order valence-corrected chi connectivity index (χ3v) is 3.01. The molecule has 0 aliphatic rings. The first-order chi connectivity index (χ1) is 9.75. The number of hydrogen-bond donors (Lipinski definition) is 2. The van der Waals surface area contributed by atoms with Gasteiger partial charge in [-0.15, -0.1) is 0 Å². The molecule has 0 saturated heterocycles. The second-order valence-corrected chi connectivity index (χ2v) is 4.37. The predicted molar refractivity (Wildman–Crippen MR) is 78.0 cm³/mol. The number of aryl methyl sites for hydroxylation is 1. The van der Waals surface area contributed by atoms with Crippen LogP contribution in [0.25, 0.3) is 5.82 Å². The molecule has 0 aliphatic heterocycles. The zero-order valence-corrected chi connectivity index (χ0v) is 11.0. The zero-order valence-electron chi connectivity index (χ0n) is 11.0. The second-order valence-electron chi connectivity index (χ2n) is 4.37. The molecule has 0 saturated carbocycles. The lowest BCUT2D eigenvalue weighted by Crippen LogP contribution is -2.06. The lowest BCUT2D eigenvalue weighted by Gasteiger charge is -2.12. The number of nitrogens with one attached hydrogen (secondary N) is 1. The number of nitrogen functional groups attached to an aromatic ring is 1. The molecule has 20 heavy (non-hydrogen) atoms. The molecule has 0 spiro atoms. The number of anilines is 3. The van der Waals surface area contributed by atoms with E-state index in [0.29, 0.717) is 17.3 Å². The SMILES string of the molecule is Cc1ccccc1Nc1ncnc(-n2ccnc2)c1N. The number of rotatable bonds is 3. The molecular formula is C14H14N6. The normalized spacial score (nSPS) is 10.4. The van der Waals surface area contributed by atoms with Gasteiger partial charge in [0.15, 0.2) is 11.6 Å². The van der Waals surface area contributed by atoms with Gasteiger partial charge in [0.1, 0.15) is 18.3 Å². The van der Waals surface area contributed by atoms with Gasteiger partial charge >= 0.3 is 0 Å². The fraction of sp³-hybridized carbons (Fsp3) is 0.0714. The van der Waals surface area contributed by atoms with Crippen molar-refractivity contribution in [3.63, 3.8) is 0 Å². The van der Waals surface area contributed by atoms with Gasteiger partial charge in [-0.05, 0) is 18.6 Å². The van der Waals surface area contributed by atoms with Gasteiger partial charge in [-0.1, -0.05) is 18.2 Å².